The maximum absolute atomic E-state index is 6.39. The molecule has 3 aromatic rings. The van der Waals surface area contributed by atoms with Gasteiger partial charge in [0.1, 0.15) is 5.75 Å². The number of ether oxygens (including phenoxy) is 2. The van der Waals surface area contributed by atoms with Crippen LogP contribution in [-0.2, 0) is 0 Å². The summed E-state index contributed by atoms with van der Waals surface area (Å²) in [6.45, 7) is 6.89. The molecule has 1 aliphatic heterocycles. The molecule has 0 aliphatic carbocycles. The van der Waals surface area contributed by atoms with Gasteiger partial charge in [0, 0.05) is 22.6 Å². The van der Waals surface area contributed by atoms with Gasteiger partial charge >= 0.3 is 0 Å². The summed E-state index contributed by atoms with van der Waals surface area (Å²) < 4.78 is 12.1. The summed E-state index contributed by atoms with van der Waals surface area (Å²) in [5.41, 5.74) is 4.61. The lowest BCUT2D eigenvalue weighted by Crippen LogP contribution is -2.17. The fraction of sp³-hybridized carbons (Fsp3) is 0.400. The third-order valence-electron chi connectivity index (χ3n) is 5.36. The summed E-state index contributed by atoms with van der Waals surface area (Å²) in [4.78, 5) is 4.74. The second kappa shape index (κ2) is 10.7. The standard InChI is InChI=1S/C25H30N4O2S/c1-4-6-7-10-15-32-25-27-24-22(28-29-25)19-11-8-9-12-20(19)26-23(31-24)18-13-14-21(30-5-2)17(3)16-18/h8-9,11-14,16,23,26H,4-7,10,15H2,1-3H3/t23-/m0/s1. The maximum Gasteiger partial charge on any atom is 0.247 e. The molecule has 0 unspecified atom stereocenters. The lowest BCUT2D eigenvalue weighted by Gasteiger charge is -2.20. The molecule has 1 atom stereocenters. The number of anilines is 1. The van der Waals surface area contributed by atoms with Crippen molar-refractivity contribution in [2.75, 3.05) is 17.7 Å². The van der Waals surface area contributed by atoms with Gasteiger partial charge in [-0.15, -0.1) is 10.2 Å². The monoisotopic (exact) mass is 450 g/mol. The van der Waals surface area contributed by atoms with Gasteiger partial charge < -0.3 is 14.8 Å². The quantitative estimate of drug-likeness (QED) is 0.298. The number of rotatable bonds is 9. The third-order valence-corrected chi connectivity index (χ3v) is 6.29. The lowest BCUT2D eigenvalue weighted by molar-refractivity contribution is 0.225. The van der Waals surface area contributed by atoms with Crippen molar-refractivity contribution >= 4 is 17.4 Å². The maximum atomic E-state index is 6.39. The molecule has 0 bridgehead atoms. The van der Waals surface area contributed by atoms with E-state index in [1.165, 1.54) is 19.3 Å². The first-order chi connectivity index (χ1) is 15.7. The molecular formula is C25H30N4O2S. The van der Waals surface area contributed by atoms with Gasteiger partial charge in [-0.3, -0.25) is 0 Å². The number of unbranched alkanes of at least 4 members (excludes halogenated alkanes) is 3. The van der Waals surface area contributed by atoms with Crippen molar-refractivity contribution in [2.45, 2.75) is 57.8 Å². The molecule has 32 heavy (non-hydrogen) atoms. The summed E-state index contributed by atoms with van der Waals surface area (Å²) in [5.74, 6) is 2.37. The number of nitrogens with zero attached hydrogens (tertiary/aromatic N) is 3. The Labute approximate surface area is 194 Å². The molecule has 7 heteroatoms. The molecule has 0 saturated carbocycles. The number of benzene rings is 2. The topological polar surface area (TPSA) is 69.2 Å². The van der Waals surface area contributed by atoms with E-state index in [9.17, 15) is 0 Å². The zero-order chi connectivity index (χ0) is 22.3. The van der Waals surface area contributed by atoms with Crippen LogP contribution in [-0.4, -0.2) is 27.5 Å². The van der Waals surface area contributed by atoms with E-state index in [-0.39, 0.29) is 0 Å². The largest absolute Gasteiger partial charge is 0.494 e. The van der Waals surface area contributed by atoms with Gasteiger partial charge in [0.2, 0.25) is 11.0 Å². The van der Waals surface area contributed by atoms with E-state index in [0.29, 0.717) is 23.3 Å². The second-order valence-corrected chi connectivity index (χ2v) is 8.87. The highest BCUT2D eigenvalue weighted by atomic mass is 32.2. The van der Waals surface area contributed by atoms with Crippen LogP contribution in [0.2, 0.25) is 0 Å². The van der Waals surface area contributed by atoms with E-state index in [1.54, 1.807) is 11.8 Å². The first-order valence-electron chi connectivity index (χ1n) is 11.3. The van der Waals surface area contributed by atoms with E-state index in [1.807, 2.05) is 50.2 Å². The zero-order valence-corrected chi connectivity index (χ0v) is 19.7. The van der Waals surface area contributed by atoms with Gasteiger partial charge in [-0.05, 0) is 50.1 Å². The molecule has 1 aromatic heterocycles. The summed E-state index contributed by atoms with van der Waals surface area (Å²) in [6.07, 6.45) is 4.48. The van der Waals surface area contributed by atoms with Crippen LogP contribution in [0.5, 0.6) is 11.6 Å². The van der Waals surface area contributed by atoms with Crippen LogP contribution in [0.15, 0.2) is 47.6 Å². The number of hydrogen-bond donors (Lipinski definition) is 1. The van der Waals surface area contributed by atoms with Crippen molar-refractivity contribution in [1.29, 1.82) is 0 Å². The Morgan fingerprint density at radius 1 is 1.06 bits per heavy atom. The molecular weight excluding hydrogens is 420 g/mol. The van der Waals surface area contributed by atoms with E-state index < -0.39 is 6.23 Å². The van der Waals surface area contributed by atoms with Crippen LogP contribution in [0.25, 0.3) is 11.3 Å². The van der Waals surface area contributed by atoms with Crippen molar-refractivity contribution in [2.24, 2.45) is 0 Å². The second-order valence-electron chi connectivity index (χ2n) is 7.80. The summed E-state index contributed by atoms with van der Waals surface area (Å²) in [7, 11) is 0. The molecule has 0 spiro atoms. The van der Waals surface area contributed by atoms with Crippen LogP contribution in [0.3, 0.4) is 0 Å². The molecule has 1 N–H and O–H groups in total. The highest BCUT2D eigenvalue weighted by Crippen LogP contribution is 2.40. The third kappa shape index (κ3) is 5.15. The average Bonchev–Trinajstić information content (AvgIpc) is 2.97. The average molecular weight is 451 g/mol. The minimum absolute atomic E-state index is 0.397. The smallest absolute Gasteiger partial charge is 0.247 e. The normalized spacial score (nSPS) is 14.5. The number of nitrogens with one attached hydrogen (secondary N) is 1. The highest BCUT2D eigenvalue weighted by Gasteiger charge is 2.26. The van der Waals surface area contributed by atoms with Gasteiger partial charge in [0.15, 0.2) is 11.9 Å². The molecule has 0 fully saturated rings. The molecule has 6 nitrogen and oxygen atoms in total. The number of aromatic nitrogens is 3. The summed E-state index contributed by atoms with van der Waals surface area (Å²) in [6, 6.07) is 14.1. The predicted octanol–water partition coefficient (Wildman–Crippen LogP) is 6.42. The van der Waals surface area contributed by atoms with Crippen molar-refractivity contribution < 1.29 is 9.47 Å². The van der Waals surface area contributed by atoms with Crippen molar-refractivity contribution in [3.05, 3.63) is 53.6 Å². The van der Waals surface area contributed by atoms with Gasteiger partial charge in [-0.25, -0.2) is 0 Å². The van der Waals surface area contributed by atoms with E-state index in [2.05, 4.69) is 28.5 Å². The molecule has 168 valence electrons. The van der Waals surface area contributed by atoms with Gasteiger partial charge in [0.25, 0.3) is 0 Å². The molecule has 0 saturated heterocycles. The Kier molecular flexibility index (Phi) is 7.47. The van der Waals surface area contributed by atoms with E-state index in [0.717, 1.165) is 40.3 Å². The first-order valence-corrected chi connectivity index (χ1v) is 12.3. The van der Waals surface area contributed by atoms with Gasteiger partial charge in [-0.2, -0.15) is 4.98 Å². The lowest BCUT2D eigenvalue weighted by atomic mass is 10.1. The van der Waals surface area contributed by atoms with Crippen LogP contribution in [0.1, 0.15) is 56.9 Å². The fourth-order valence-electron chi connectivity index (χ4n) is 3.70. The number of fused-ring (bicyclic) bond motifs is 3. The van der Waals surface area contributed by atoms with E-state index in [4.69, 9.17) is 14.5 Å². The van der Waals surface area contributed by atoms with Crippen molar-refractivity contribution in [3.63, 3.8) is 0 Å². The Bertz CT molecular complexity index is 1060. The highest BCUT2D eigenvalue weighted by molar-refractivity contribution is 7.99. The van der Waals surface area contributed by atoms with Crippen LogP contribution in [0, 0.1) is 6.92 Å². The van der Waals surface area contributed by atoms with Gasteiger partial charge in [0.05, 0.1) is 6.61 Å². The molecule has 2 heterocycles. The van der Waals surface area contributed by atoms with Crippen LogP contribution in [0.4, 0.5) is 5.69 Å². The molecule has 1 aliphatic rings. The van der Waals surface area contributed by atoms with Crippen molar-refractivity contribution in [3.8, 4) is 22.9 Å². The predicted molar refractivity (Wildman–Crippen MR) is 129 cm³/mol. The zero-order valence-electron chi connectivity index (χ0n) is 18.9. The summed E-state index contributed by atoms with van der Waals surface area (Å²) >= 11 is 1.64. The SMILES string of the molecule is CCCCCCSc1nnc2c(n1)O[C@@H](c1ccc(OCC)c(C)c1)Nc1ccccc1-2. The summed E-state index contributed by atoms with van der Waals surface area (Å²) in [5, 5.41) is 13.0. The van der Waals surface area contributed by atoms with Gasteiger partial charge in [-0.1, -0.05) is 56.1 Å². The number of thioether (sulfide) groups is 1. The molecule has 0 radical (unpaired) electrons. The Hall–Kier alpha value is -2.80. The fourth-order valence-corrected chi connectivity index (χ4v) is 4.48. The Morgan fingerprint density at radius 3 is 2.75 bits per heavy atom. The molecule has 2 aromatic carbocycles. The number of hydrogen-bond acceptors (Lipinski definition) is 7. The number of aryl methyl sites for hydroxylation is 1. The van der Waals surface area contributed by atoms with Crippen LogP contribution >= 0.6 is 11.8 Å². The number of para-hydroxylation sites is 1. The first kappa shape index (κ1) is 22.4. The molecule has 4 rings (SSSR count). The minimum atomic E-state index is -0.397. The Balaban J connectivity index is 1.62. The van der Waals surface area contributed by atoms with Crippen LogP contribution < -0.4 is 14.8 Å². The minimum Gasteiger partial charge on any atom is -0.494 e. The van der Waals surface area contributed by atoms with Crippen molar-refractivity contribution in [1.82, 2.24) is 15.2 Å². The Morgan fingerprint density at radius 2 is 1.94 bits per heavy atom. The molecule has 0 amide bonds. The van der Waals surface area contributed by atoms with E-state index >= 15 is 0 Å².